The van der Waals surface area contributed by atoms with Crippen LogP contribution in [0.1, 0.15) is 34.1 Å². The molecule has 2 saturated heterocycles. The van der Waals surface area contributed by atoms with E-state index < -0.39 is 6.04 Å². The van der Waals surface area contributed by atoms with Crippen molar-refractivity contribution >= 4 is 17.8 Å². The zero-order chi connectivity index (χ0) is 20.3. The lowest BCUT2D eigenvalue weighted by atomic mass is 9.97. The van der Waals surface area contributed by atoms with Gasteiger partial charge >= 0.3 is 6.03 Å². The number of urea groups is 1. The Morgan fingerprint density at radius 1 is 1.19 bits per heavy atom. The number of likely N-dealkylation sites (N-methyl/N-ethyl adjacent to an activating group) is 1. The maximum Gasteiger partial charge on any atom is 0.321 e. The van der Waals surface area contributed by atoms with Crippen molar-refractivity contribution in [1.82, 2.24) is 19.6 Å². The van der Waals surface area contributed by atoms with Gasteiger partial charge in [0.2, 0.25) is 11.8 Å². The number of fused-ring (bicyclic) bond motifs is 1. The maximum absolute atomic E-state index is 13.0. The van der Waals surface area contributed by atoms with Gasteiger partial charge in [-0.15, -0.1) is 0 Å². The molecule has 2 aliphatic rings. The van der Waals surface area contributed by atoms with Gasteiger partial charge in [0.15, 0.2) is 0 Å². The summed E-state index contributed by atoms with van der Waals surface area (Å²) in [6.45, 7) is 10.0. The normalized spacial score (nSPS) is 22.9. The fraction of sp³-hybridized carbons (Fsp3) is 0.842. The molecule has 0 unspecified atom stereocenters. The molecule has 2 heterocycles. The molecule has 0 aromatic carbocycles. The molecule has 0 spiro atoms. The monoisotopic (exact) mass is 382 g/mol. The molecule has 0 saturated carbocycles. The summed E-state index contributed by atoms with van der Waals surface area (Å²) in [5, 5.41) is 0. The highest BCUT2D eigenvalue weighted by Gasteiger charge is 2.49. The molecule has 0 aromatic heterocycles. The van der Waals surface area contributed by atoms with E-state index in [2.05, 4.69) is 13.8 Å². The van der Waals surface area contributed by atoms with Crippen molar-refractivity contribution in [3.05, 3.63) is 0 Å². The van der Waals surface area contributed by atoms with Gasteiger partial charge in [-0.1, -0.05) is 13.8 Å². The predicted molar refractivity (Wildman–Crippen MR) is 102 cm³/mol. The molecular weight excluding hydrogens is 348 g/mol. The largest absolute Gasteiger partial charge is 0.383 e. The van der Waals surface area contributed by atoms with Crippen LogP contribution in [0.3, 0.4) is 0 Å². The Bertz CT molecular complexity index is 566. The molecule has 8 heteroatoms. The van der Waals surface area contributed by atoms with Crippen molar-refractivity contribution < 1.29 is 19.1 Å². The average Bonchev–Trinajstić information content (AvgIpc) is 2.90. The van der Waals surface area contributed by atoms with E-state index in [9.17, 15) is 14.4 Å². The second kappa shape index (κ2) is 8.91. The quantitative estimate of drug-likeness (QED) is 0.624. The number of carbonyl (C=O) groups is 3. The second-order valence-electron chi connectivity index (χ2n) is 8.24. The van der Waals surface area contributed by atoms with Gasteiger partial charge in [0, 0.05) is 39.8 Å². The Hall–Kier alpha value is -1.83. The highest BCUT2D eigenvalue weighted by Crippen LogP contribution is 2.29. The maximum atomic E-state index is 13.0. The third-order valence-corrected chi connectivity index (χ3v) is 5.43. The van der Waals surface area contributed by atoms with Crippen LogP contribution < -0.4 is 0 Å². The number of carbonyl (C=O) groups excluding carboxylic acids is 3. The van der Waals surface area contributed by atoms with Crippen molar-refractivity contribution in [2.75, 3.05) is 46.9 Å². The van der Waals surface area contributed by atoms with Crippen LogP contribution in [0.2, 0.25) is 0 Å². The van der Waals surface area contributed by atoms with E-state index in [0.29, 0.717) is 32.7 Å². The number of rotatable bonds is 8. The van der Waals surface area contributed by atoms with E-state index in [4.69, 9.17) is 4.74 Å². The van der Waals surface area contributed by atoms with E-state index >= 15 is 0 Å². The van der Waals surface area contributed by atoms with E-state index in [1.54, 1.807) is 33.8 Å². The molecule has 2 aliphatic heterocycles. The molecule has 0 aromatic rings. The minimum Gasteiger partial charge on any atom is -0.383 e. The van der Waals surface area contributed by atoms with Gasteiger partial charge in [-0.3, -0.25) is 9.59 Å². The number of ether oxygens (including phenoxy) is 1. The minimum absolute atomic E-state index is 0.0159. The SMILES string of the molecule is COCCN1C[C@H]2CN(CC(=O)N(C)C(C)C)C(=O)N2[C@@H](CC(C)C)C1=O. The third kappa shape index (κ3) is 4.72. The molecule has 2 atom stereocenters. The summed E-state index contributed by atoms with van der Waals surface area (Å²) in [5.41, 5.74) is 0. The van der Waals surface area contributed by atoms with Gasteiger partial charge in [0.1, 0.15) is 12.6 Å². The summed E-state index contributed by atoms with van der Waals surface area (Å²) in [6.07, 6.45) is 0.623. The van der Waals surface area contributed by atoms with Crippen molar-refractivity contribution in [3.8, 4) is 0 Å². The topological polar surface area (TPSA) is 73.4 Å². The van der Waals surface area contributed by atoms with Gasteiger partial charge in [-0.25, -0.2) is 4.79 Å². The fourth-order valence-electron chi connectivity index (χ4n) is 3.71. The number of hydrogen-bond acceptors (Lipinski definition) is 4. The molecular formula is C19H34N4O4. The number of methoxy groups -OCH3 is 1. The first-order valence-corrected chi connectivity index (χ1v) is 9.78. The lowest BCUT2D eigenvalue weighted by Crippen LogP contribution is -2.61. The van der Waals surface area contributed by atoms with Crippen molar-refractivity contribution in [2.45, 2.75) is 52.2 Å². The lowest BCUT2D eigenvalue weighted by molar-refractivity contribution is -0.143. The summed E-state index contributed by atoms with van der Waals surface area (Å²) < 4.78 is 5.13. The van der Waals surface area contributed by atoms with Gasteiger partial charge in [0.05, 0.1) is 12.6 Å². The van der Waals surface area contributed by atoms with Gasteiger partial charge in [-0.2, -0.15) is 0 Å². The average molecular weight is 383 g/mol. The number of nitrogens with zero attached hydrogens (tertiary/aromatic N) is 4. The first-order valence-electron chi connectivity index (χ1n) is 9.78. The zero-order valence-electron chi connectivity index (χ0n) is 17.5. The minimum atomic E-state index is -0.462. The van der Waals surface area contributed by atoms with Gasteiger partial charge in [0.25, 0.3) is 0 Å². The van der Waals surface area contributed by atoms with Gasteiger partial charge < -0.3 is 24.3 Å². The Kier molecular flexibility index (Phi) is 7.08. The summed E-state index contributed by atoms with van der Waals surface area (Å²) in [4.78, 5) is 45.2. The molecule has 0 bridgehead atoms. The van der Waals surface area contributed by atoms with Crippen LogP contribution in [0.5, 0.6) is 0 Å². The molecule has 0 aliphatic carbocycles. The van der Waals surface area contributed by atoms with Crippen molar-refractivity contribution in [3.63, 3.8) is 0 Å². The van der Waals surface area contributed by atoms with E-state index in [1.807, 2.05) is 13.8 Å². The van der Waals surface area contributed by atoms with E-state index in [-0.39, 0.29) is 42.4 Å². The Morgan fingerprint density at radius 3 is 2.37 bits per heavy atom. The van der Waals surface area contributed by atoms with Crippen molar-refractivity contribution in [1.29, 1.82) is 0 Å². The van der Waals surface area contributed by atoms with Gasteiger partial charge in [-0.05, 0) is 26.2 Å². The molecule has 27 heavy (non-hydrogen) atoms. The third-order valence-electron chi connectivity index (χ3n) is 5.43. The standard InChI is InChI=1S/C19H34N4O4/c1-13(2)9-16-18(25)21(7-8-27-6)10-15-11-22(19(26)23(15)16)12-17(24)20(5)14(3)4/h13-16H,7-12H2,1-6H3/t15-,16-/m0/s1. The summed E-state index contributed by atoms with van der Waals surface area (Å²) in [5.74, 6) is 0.191. The van der Waals surface area contributed by atoms with Crippen LogP contribution in [0.4, 0.5) is 4.79 Å². The van der Waals surface area contributed by atoms with Crippen LogP contribution >= 0.6 is 0 Å². The first kappa shape index (κ1) is 21.5. The molecule has 2 rings (SSSR count). The van der Waals surface area contributed by atoms with Crippen LogP contribution in [0, 0.1) is 5.92 Å². The fourth-order valence-corrected chi connectivity index (χ4v) is 3.71. The van der Waals surface area contributed by atoms with Crippen LogP contribution in [-0.4, -0.2) is 103 Å². The highest BCUT2D eigenvalue weighted by atomic mass is 16.5. The highest BCUT2D eigenvalue weighted by molar-refractivity contribution is 5.92. The lowest BCUT2D eigenvalue weighted by Gasteiger charge is -2.42. The number of piperazine rings is 1. The van der Waals surface area contributed by atoms with Crippen molar-refractivity contribution in [2.24, 2.45) is 5.92 Å². The first-order chi connectivity index (χ1) is 12.7. The van der Waals surface area contributed by atoms with Crippen LogP contribution in [-0.2, 0) is 14.3 Å². The molecule has 2 fully saturated rings. The second-order valence-corrected chi connectivity index (χ2v) is 8.24. The number of hydrogen-bond donors (Lipinski definition) is 0. The van der Waals surface area contributed by atoms with E-state index in [0.717, 1.165) is 0 Å². The summed E-state index contributed by atoms with van der Waals surface area (Å²) >= 11 is 0. The Balaban J connectivity index is 2.17. The molecule has 0 radical (unpaired) electrons. The smallest absolute Gasteiger partial charge is 0.321 e. The number of amides is 4. The van der Waals surface area contributed by atoms with Crippen LogP contribution in [0.25, 0.3) is 0 Å². The predicted octanol–water partition coefficient (Wildman–Crippen LogP) is 0.863. The van der Waals surface area contributed by atoms with Crippen LogP contribution in [0.15, 0.2) is 0 Å². The molecule has 8 nitrogen and oxygen atoms in total. The Morgan fingerprint density at radius 2 is 1.81 bits per heavy atom. The zero-order valence-corrected chi connectivity index (χ0v) is 17.5. The molecule has 4 amide bonds. The Labute approximate surface area is 162 Å². The summed E-state index contributed by atoms with van der Waals surface area (Å²) in [6, 6.07) is -0.655. The summed E-state index contributed by atoms with van der Waals surface area (Å²) in [7, 11) is 3.36. The van der Waals surface area contributed by atoms with E-state index in [1.165, 1.54) is 0 Å². The molecule has 154 valence electrons. The molecule has 0 N–H and O–H groups in total.